The van der Waals surface area contributed by atoms with Crippen LogP contribution in [0, 0.1) is 36.0 Å². The van der Waals surface area contributed by atoms with E-state index in [9.17, 15) is 30.4 Å². The molecule has 3 nitrogen and oxygen atoms in total. The summed E-state index contributed by atoms with van der Waals surface area (Å²) < 4.78 is 92.5. The molecule has 0 amide bonds. The molecule has 3 rings (SSSR count). The lowest BCUT2D eigenvalue weighted by molar-refractivity contribution is 0.368. The van der Waals surface area contributed by atoms with E-state index in [-0.39, 0.29) is 11.4 Å². The van der Waals surface area contributed by atoms with Crippen molar-refractivity contribution in [2.24, 2.45) is 0 Å². The molecule has 2 aromatic rings. The van der Waals surface area contributed by atoms with Gasteiger partial charge in [-0.15, -0.1) is 0 Å². The van der Waals surface area contributed by atoms with Crippen molar-refractivity contribution in [2.75, 3.05) is 6.54 Å². The summed E-state index contributed by atoms with van der Waals surface area (Å²) in [5.41, 5.74) is -0.335. The van der Waals surface area contributed by atoms with Crippen molar-refractivity contribution >= 4 is 10.0 Å². The van der Waals surface area contributed by atoms with Crippen LogP contribution >= 0.6 is 0 Å². The van der Waals surface area contributed by atoms with E-state index >= 15 is 0 Å². The van der Waals surface area contributed by atoms with Gasteiger partial charge in [-0.2, -0.15) is 4.31 Å². The number of aryl methyl sites for hydroxylation is 1. The largest absolute Gasteiger partial charge is 0.243 e. The summed E-state index contributed by atoms with van der Waals surface area (Å²) in [7, 11) is -4.09. The van der Waals surface area contributed by atoms with Gasteiger partial charge in [-0.1, -0.05) is 17.7 Å². The van der Waals surface area contributed by atoms with Crippen LogP contribution in [0.5, 0.6) is 0 Å². The zero-order chi connectivity index (χ0) is 17.8. The van der Waals surface area contributed by atoms with E-state index in [4.69, 9.17) is 0 Å². The van der Waals surface area contributed by atoms with Crippen LogP contribution in [0.4, 0.5) is 22.0 Å². The number of hydrogen-bond acceptors (Lipinski definition) is 2. The predicted octanol–water partition coefficient (Wildman–Crippen LogP) is 3.44. The fraction of sp³-hybridized carbons (Fsp3) is 0.200. The Morgan fingerprint density at radius 2 is 1.33 bits per heavy atom. The highest BCUT2D eigenvalue weighted by Gasteiger charge is 2.49. The molecule has 0 spiro atoms. The normalized spacial score (nSPS) is 20.2. The second-order valence-electron chi connectivity index (χ2n) is 5.39. The summed E-state index contributed by atoms with van der Waals surface area (Å²) in [5.74, 6) is -10.5. The van der Waals surface area contributed by atoms with Crippen LogP contribution in [0.1, 0.15) is 17.2 Å². The molecule has 128 valence electrons. The van der Waals surface area contributed by atoms with E-state index in [0.717, 1.165) is 5.56 Å². The average Bonchev–Trinajstić information content (AvgIpc) is 3.33. The topological polar surface area (TPSA) is 37.1 Å². The summed E-state index contributed by atoms with van der Waals surface area (Å²) in [6.07, 6.45) is 0. The number of nitrogens with zero attached hydrogens (tertiary/aromatic N) is 1. The molecule has 1 saturated heterocycles. The van der Waals surface area contributed by atoms with Gasteiger partial charge < -0.3 is 0 Å². The molecule has 0 aliphatic carbocycles. The SMILES string of the molecule is Cc1ccc(S(=O)(=O)N2CC2c2c(F)c(F)c(F)c(F)c2F)cc1. The van der Waals surface area contributed by atoms with Crippen LogP contribution < -0.4 is 0 Å². The van der Waals surface area contributed by atoms with E-state index in [2.05, 4.69) is 0 Å². The molecule has 0 aromatic heterocycles. The van der Waals surface area contributed by atoms with E-state index < -0.39 is 50.7 Å². The third kappa shape index (κ3) is 2.48. The highest BCUT2D eigenvalue weighted by atomic mass is 32.2. The maximum atomic E-state index is 13.8. The van der Waals surface area contributed by atoms with Gasteiger partial charge in [0.25, 0.3) is 0 Å². The van der Waals surface area contributed by atoms with Crippen molar-refractivity contribution in [3.05, 3.63) is 64.5 Å². The van der Waals surface area contributed by atoms with Crippen molar-refractivity contribution in [3.63, 3.8) is 0 Å². The Morgan fingerprint density at radius 3 is 1.83 bits per heavy atom. The molecule has 0 bridgehead atoms. The fourth-order valence-corrected chi connectivity index (χ4v) is 3.91. The van der Waals surface area contributed by atoms with E-state index in [1.807, 2.05) is 0 Å². The third-order valence-corrected chi connectivity index (χ3v) is 5.66. The van der Waals surface area contributed by atoms with Gasteiger partial charge >= 0.3 is 0 Å². The number of rotatable bonds is 3. The van der Waals surface area contributed by atoms with Crippen LogP contribution in [0.2, 0.25) is 0 Å². The fourth-order valence-electron chi connectivity index (χ4n) is 2.38. The van der Waals surface area contributed by atoms with Crippen molar-refractivity contribution in [1.29, 1.82) is 0 Å². The third-order valence-electron chi connectivity index (χ3n) is 3.77. The molecular weight excluding hydrogens is 353 g/mol. The second-order valence-corrected chi connectivity index (χ2v) is 7.28. The lowest BCUT2D eigenvalue weighted by Gasteiger charge is -2.09. The Hall–Kier alpha value is -2.00. The Balaban J connectivity index is 2.00. The van der Waals surface area contributed by atoms with Crippen molar-refractivity contribution in [1.82, 2.24) is 4.31 Å². The van der Waals surface area contributed by atoms with E-state index in [0.29, 0.717) is 4.31 Å². The molecule has 1 aliphatic rings. The first-order valence-electron chi connectivity index (χ1n) is 6.76. The molecule has 2 atom stereocenters. The predicted molar refractivity (Wildman–Crippen MR) is 74.0 cm³/mol. The van der Waals surface area contributed by atoms with Crippen LogP contribution in [-0.2, 0) is 10.0 Å². The molecule has 2 aromatic carbocycles. The monoisotopic (exact) mass is 363 g/mol. The van der Waals surface area contributed by atoms with Crippen LogP contribution in [0.25, 0.3) is 0 Å². The number of benzene rings is 2. The Morgan fingerprint density at radius 1 is 0.875 bits per heavy atom. The first-order chi connectivity index (χ1) is 11.2. The molecule has 0 N–H and O–H groups in total. The van der Waals surface area contributed by atoms with Crippen molar-refractivity contribution in [2.45, 2.75) is 17.9 Å². The van der Waals surface area contributed by atoms with Crippen LogP contribution in [0.3, 0.4) is 0 Å². The lowest BCUT2D eigenvalue weighted by Crippen LogP contribution is -2.15. The van der Waals surface area contributed by atoms with Gasteiger partial charge in [0.15, 0.2) is 23.3 Å². The zero-order valence-electron chi connectivity index (χ0n) is 12.2. The Labute approximate surface area is 134 Å². The zero-order valence-corrected chi connectivity index (χ0v) is 13.0. The molecule has 1 fully saturated rings. The molecule has 0 saturated carbocycles. The highest BCUT2D eigenvalue weighted by Crippen LogP contribution is 2.43. The number of hydrogen-bond donors (Lipinski definition) is 0. The molecule has 0 radical (unpaired) electrons. The van der Waals surface area contributed by atoms with Crippen LogP contribution in [-0.4, -0.2) is 19.3 Å². The summed E-state index contributed by atoms with van der Waals surface area (Å²) in [6.45, 7) is 1.37. The molecule has 1 heterocycles. The van der Waals surface area contributed by atoms with Gasteiger partial charge in [0.05, 0.1) is 10.9 Å². The highest BCUT2D eigenvalue weighted by molar-refractivity contribution is 7.89. The van der Waals surface area contributed by atoms with Crippen molar-refractivity contribution < 1.29 is 30.4 Å². The molecule has 24 heavy (non-hydrogen) atoms. The maximum absolute atomic E-state index is 13.8. The molecule has 1 aliphatic heterocycles. The number of sulfonamides is 1. The minimum Gasteiger partial charge on any atom is -0.207 e. The smallest absolute Gasteiger partial charge is 0.207 e. The number of halogens is 5. The molecular formula is C15H10F5NO2S. The second kappa shape index (κ2) is 5.52. The average molecular weight is 363 g/mol. The van der Waals surface area contributed by atoms with E-state index in [1.54, 1.807) is 6.92 Å². The Bertz CT molecular complexity index is 899. The lowest BCUT2D eigenvalue weighted by atomic mass is 10.1. The van der Waals surface area contributed by atoms with Gasteiger partial charge in [-0.05, 0) is 19.1 Å². The van der Waals surface area contributed by atoms with Crippen molar-refractivity contribution in [3.8, 4) is 0 Å². The van der Waals surface area contributed by atoms with Gasteiger partial charge in [-0.3, -0.25) is 0 Å². The van der Waals surface area contributed by atoms with Crippen LogP contribution in [0.15, 0.2) is 29.2 Å². The minimum atomic E-state index is -4.09. The van der Waals surface area contributed by atoms with Gasteiger partial charge in [0.1, 0.15) is 0 Å². The minimum absolute atomic E-state index is 0.125. The quantitative estimate of drug-likeness (QED) is 0.363. The standard InChI is InChI=1S/C15H10F5NO2S/c1-7-2-4-8(5-3-7)24(22,23)21-6-9(21)10-11(16)13(18)15(20)14(19)12(10)17/h2-5,9H,6H2,1H3. The summed E-state index contributed by atoms with van der Waals surface area (Å²) in [5, 5.41) is 0. The molecule has 9 heteroatoms. The summed E-state index contributed by atoms with van der Waals surface area (Å²) >= 11 is 0. The van der Waals surface area contributed by atoms with Gasteiger partial charge in [-0.25, -0.2) is 30.4 Å². The first-order valence-corrected chi connectivity index (χ1v) is 8.20. The summed E-state index contributed by atoms with van der Waals surface area (Å²) in [4.78, 5) is -0.125. The van der Waals surface area contributed by atoms with Gasteiger partial charge in [0.2, 0.25) is 15.8 Å². The molecule has 2 unspecified atom stereocenters. The van der Waals surface area contributed by atoms with Gasteiger partial charge in [0, 0.05) is 12.1 Å². The van der Waals surface area contributed by atoms with E-state index in [1.165, 1.54) is 24.3 Å². The Kier molecular flexibility index (Phi) is 3.88. The first kappa shape index (κ1) is 16.8. The maximum Gasteiger partial charge on any atom is 0.243 e. The summed E-state index contributed by atoms with van der Waals surface area (Å²) in [6, 6.07) is 4.24.